The fourth-order valence-corrected chi connectivity index (χ4v) is 0.723. The van der Waals surface area contributed by atoms with E-state index in [1.807, 2.05) is 0 Å². The van der Waals surface area contributed by atoms with Gasteiger partial charge in [0.1, 0.15) is 5.82 Å². The van der Waals surface area contributed by atoms with Crippen molar-refractivity contribution in [1.29, 1.82) is 0 Å². The average Bonchev–Trinajstić information content (AvgIpc) is 1.84. The lowest BCUT2D eigenvalue weighted by atomic mass is 10.3. The summed E-state index contributed by atoms with van der Waals surface area (Å²) in [7, 11) is 0. The van der Waals surface area contributed by atoms with Gasteiger partial charge in [0.2, 0.25) is 0 Å². The van der Waals surface area contributed by atoms with E-state index < -0.39 is 5.82 Å². The van der Waals surface area contributed by atoms with Crippen LogP contribution in [0.5, 0.6) is 5.75 Å². The van der Waals surface area contributed by atoms with Gasteiger partial charge in [0.15, 0.2) is 10.9 Å². The van der Waals surface area contributed by atoms with Gasteiger partial charge < -0.3 is 5.11 Å². The Kier molecular flexibility index (Phi) is 1.76. The van der Waals surface area contributed by atoms with Crippen molar-refractivity contribution in [1.82, 2.24) is 4.98 Å². The van der Waals surface area contributed by atoms with Crippen molar-refractivity contribution in [2.45, 2.75) is 6.92 Å². The minimum absolute atomic E-state index is 0.0705. The van der Waals surface area contributed by atoms with Gasteiger partial charge in [-0.2, -0.15) is 0 Å². The maximum atomic E-state index is 12.5. The van der Waals surface area contributed by atoms with E-state index in [-0.39, 0.29) is 16.6 Å². The zero-order valence-electron chi connectivity index (χ0n) is 5.23. The molecular formula is C6H5ClFNO. The second-order valence-corrected chi connectivity index (χ2v) is 2.22. The summed E-state index contributed by atoms with van der Waals surface area (Å²) in [6.45, 7) is 1.47. The largest absolute Gasteiger partial charge is 0.505 e. The number of halogens is 2. The molecule has 1 aromatic rings. The third-order valence-electron chi connectivity index (χ3n) is 1.09. The van der Waals surface area contributed by atoms with E-state index in [2.05, 4.69) is 4.98 Å². The number of aryl methyl sites for hydroxylation is 1. The molecule has 1 rings (SSSR count). The Morgan fingerprint density at radius 1 is 1.70 bits per heavy atom. The lowest BCUT2D eigenvalue weighted by Crippen LogP contribution is -1.87. The molecule has 10 heavy (non-hydrogen) atoms. The molecule has 0 amide bonds. The Balaban J connectivity index is 3.28. The highest BCUT2D eigenvalue weighted by Gasteiger charge is 2.04. The molecule has 1 N–H and O–H groups in total. The lowest BCUT2D eigenvalue weighted by Gasteiger charge is -1.97. The summed E-state index contributed by atoms with van der Waals surface area (Å²) in [5.41, 5.74) is 0.183. The fourth-order valence-electron chi connectivity index (χ4n) is 0.542. The number of rotatable bonds is 0. The van der Waals surface area contributed by atoms with E-state index >= 15 is 0 Å². The number of aromatic hydroxyl groups is 1. The molecule has 2 nitrogen and oxygen atoms in total. The maximum absolute atomic E-state index is 12.5. The first kappa shape index (κ1) is 7.28. The van der Waals surface area contributed by atoms with Crippen molar-refractivity contribution < 1.29 is 9.50 Å². The summed E-state index contributed by atoms with van der Waals surface area (Å²) >= 11 is 5.36. The van der Waals surface area contributed by atoms with E-state index in [9.17, 15) is 4.39 Å². The summed E-state index contributed by atoms with van der Waals surface area (Å²) in [6.07, 6.45) is 0. The van der Waals surface area contributed by atoms with Crippen molar-refractivity contribution in [2.24, 2.45) is 0 Å². The molecule has 4 heteroatoms. The maximum Gasteiger partial charge on any atom is 0.171 e. The highest BCUT2D eigenvalue weighted by Crippen LogP contribution is 2.21. The van der Waals surface area contributed by atoms with Crippen LogP contribution in [0.25, 0.3) is 0 Å². The highest BCUT2D eigenvalue weighted by molar-refractivity contribution is 6.30. The zero-order valence-corrected chi connectivity index (χ0v) is 5.98. The van der Waals surface area contributed by atoms with Gasteiger partial charge in [-0.05, 0) is 6.92 Å². The Hall–Kier alpha value is -0.830. The van der Waals surface area contributed by atoms with E-state index in [0.717, 1.165) is 6.07 Å². The molecule has 0 unspecified atom stereocenters. The predicted molar refractivity (Wildman–Crippen MR) is 35.6 cm³/mol. The van der Waals surface area contributed by atoms with Crippen LogP contribution in [-0.4, -0.2) is 10.1 Å². The average molecular weight is 162 g/mol. The summed E-state index contributed by atoms with van der Waals surface area (Å²) in [5.74, 6) is -0.883. The van der Waals surface area contributed by atoms with Crippen LogP contribution in [0.15, 0.2) is 6.07 Å². The molecule has 54 valence electrons. The van der Waals surface area contributed by atoms with Gasteiger partial charge in [-0.25, -0.2) is 9.37 Å². The van der Waals surface area contributed by atoms with Crippen LogP contribution in [0.4, 0.5) is 4.39 Å². The number of hydrogen-bond donors (Lipinski definition) is 1. The second kappa shape index (κ2) is 2.42. The fraction of sp³-hybridized carbons (Fsp3) is 0.167. The summed E-state index contributed by atoms with van der Waals surface area (Å²) in [6, 6.07) is 0.935. The van der Waals surface area contributed by atoms with Crippen LogP contribution in [0.3, 0.4) is 0 Å². The Bertz CT molecular complexity index is 214. The SMILES string of the molecule is Cc1nc(Cl)c(O)cc1F. The number of hydrogen-bond acceptors (Lipinski definition) is 2. The van der Waals surface area contributed by atoms with E-state index in [1.165, 1.54) is 6.92 Å². The van der Waals surface area contributed by atoms with Crippen LogP contribution in [0.2, 0.25) is 5.15 Å². The normalized spacial score (nSPS) is 9.90. The smallest absolute Gasteiger partial charge is 0.171 e. The summed E-state index contributed by atoms with van der Waals surface area (Å²) in [5, 5.41) is 8.72. The van der Waals surface area contributed by atoms with E-state index in [0.29, 0.717) is 0 Å². The molecule has 0 atom stereocenters. The molecule has 0 aliphatic carbocycles. The predicted octanol–water partition coefficient (Wildman–Crippen LogP) is 1.89. The summed E-state index contributed by atoms with van der Waals surface area (Å²) < 4.78 is 12.5. The molecule has 0 aromatic carbocycles. The molecule has 1 aromatic heterocycles. The van der Waals surface area contributed by atoms with Crippen molar-refractivity contribution >= 4 is 11.6 Å². The zero-order chi connectivity index (χ0) is 7.72. The first-order valence-corrected chi connectivity index (χ1v) is 3.00. The van der Waals surface area contributed by atoms with Gasteiger partial charge in [0.05, 0.1) is 5.69 Å². The van der Waals surface area contributed by atoms with Crippen molar-refractivity contribution in [3.8, 4) is 5.75 Å². The first-order chi connectivity index (χ1) is 4.61. The second-order valence-electron chi connectivity index (χ2n) is 1.87. The molecule has 1 heterocycles. The molecule has 0 bridgehead atoms. The quantitative estimate of drug-likeness (QED) is 0.590. The van der Waals surface area contributed by atoms with Crippen LogP contribution < -0.4 is 0 Å². The van der Waals surface area contributed by atoms with Crippen LogP contribution >= 0.6 is 11.6 Å². The number of nitrogens with zero attached hydrogens (tertiary/aromatic N) is 1. The van der Waals surface area contributed by atoms with Gasteiger partial charge in [-0.3, -0.25) is 0 Å². The molecule has 0 aliphatic heterocycles. The third-order valence-corrected chi connectivity index (χ3v) is 1.36. The van der Waals surface area contributed by atoms with Crippen LogP contribution in [0, 0.1) is 12.7 Å². The van der Waals surface area contributed by atoms with E-state index in [4.69, 9.17) is 16.7 Å². The minimum atomic E-state index is -0.554. The van der Waals surface area contributed by atoms with Gasteiger partial charge >= 0.3 is 0 Å². The Labute approximate surface area is 62.3 Å². The molecule has 0 fully saturated rings. The van der Waals surface area contributed by atoms with Gasteiger partial charge in [0.25, 0.3) is 0 Å². The van der Waals surface area contributed by atoms with Crippen molar-refractivity contribution in [3.63, 3.8) is 0 Å². The van der Waals surface area contributed by atoms with Gasteiger partial charge in [0, 0.05) is 6.07 Å². The Morgan fingerprint density at radius 2 is 2.30 bits per heavy atom. The van der Waals surface area contributed by atoms with Crippen LogP contribution in [0.1, 0.15) is 5.69 Å². The van der Waals surface area contributed by atoms with E-state index in [1.54, 1.807) is 0 Å². The van der Waals surface area contributed by atoms with Gasteiger partial charge in [-0.15, -0.1) is 0 Å². The van der Waals surface area contributed by atoms with Crippen molar-refractivity contribution in [2.75, 3.05) is 0 Å². The lowest BCUT2D eigenvalue weighted by molar-refractivity contribution is 0.464. The van der Waals surface area contributed by atoms with Gasteiger partial charge in [-0.1, -0.05) is 11.6 Å². The van der Waals surface area contributed by atoms with Crippen LogP contribution in [-0.2, 0) is 0 Å². The molecule has 0 saturated carbocycles. The highest BCUT2D eigenvalue weighted by atomic mass is 35.5. The molecule has 0 saturated heterocycles. The third kappa shape index (κ3) is 1.19. The van der Waals surface area contributed by atoms with Crippen molar-refractivity contribution in [3.05, 3.63) is 22.7 Å². The first-order valence-electron chi connectivity index (χ1n) is 2.63. The molecule has 0 spiro atoms. The number of aromatic nitrogens is 1. The Morgan fingerprint density at radius 3 is 2.80 bits per heavy atom. The monoisotopic (exact) mass is 161 g/mol. The molecule has 0 aliphatic rings. The molecule has 0 radical (unpaired) electrons. The minimum Gasteiger partial charge on any atom is -0.505 e. The standard InChI is InChI=1S/C6H5ClFNO/c1-3-4(8)2-5(10)6(7)9-3/h2,10H,1H3. The summed E-state index contributed by atoms with van der Waals surface area (Å²) in [4.78, 5) is 3.51. The topological polar surface area (TPSA) is 33.1 Å². The molecular weight excluding hydrogens is 157 g/mol. The number of pyridine rings is 1.